The monoisotopic (exact) mass is 606 g/mol. The number of benzene rings is 1. The van der Waals surface area contributed by atoms with Gasteiger partial charge in [-0.05, 0) is 55.6 Å². The highest BCUT2D eigenvalue weighted by atomic mass is 16.5. The minimum Gasteiger partial charge on any atom is -0.376 e. The Balaban J connectivity index is 1.22. The van der Waals surface area contributed by atoms with Gasteiger partial charge in [0.1, 0.15) is 11.9 Å². The molecule has 3 amide bonds. The van der Waals surface area contributed by atoms with Crippen molar-refractivity contribution in [2.45, 2.75) is 49.6 Å². The van der Waals surface area contributed by atoms with Gasteiger partial charge in [0, 0.05) is 61.7 Å². The molecule has 45 heavy (non-hydrogen) atoms. The maximum Gasteiger partial charge on any atom is 0.253 e. The molecule has 10 nitrogen and oxygen atoms in total. The number of ether oxygens (including phenoxy) is 1. The van der Waals surface area contributed by atoms with E-state index in [-0.39, 0.29) is 29.7 Å². The van der Waals surface area contributed by atoms with Crippen LogP contribution in [0.1, 0.15) is 57.6 Å². The number of pyridine rings is 2. The number of carbonyl (C=O) groups excluding carboxylic acids is 3. The van der Waals surface area contributed by atoms with Crippen LogP contribution in [0.4, 0.5) is 5.82 Å². The predicted molar refractivity (Wildman–Crippen MR) is 170 cm³/mol. The highest BCUT2D eigenvalue weighted by molar-refractivity contribution is 6.06. The van der Waals surface area contributed by atoms with Gasteiger partial charge in [-0.25, -0.2) is 4.98 Å². The molecule has 4 aliphatic rings. The van der Waals surface area contributed by atoms with Gasteiger partial charge in [-0.2, -0.15) is 0 Å². The fourth-order valence-corrected chi connectivity index (χ4v) is 7.29. The Morgan fingerprint density at radius 2 is 1.84 bits per heavy atom. The minimum absolute atomic E-state index is 0.0275. The number of nitrogens with one attached hydrogen (secondary N) is 2. The van der Waals surface area contributed by atoms with Gasteiger partial charge in [0.25, 0.3) is 5.91 Å². The van der Waals surface area contributed by atoms with E-state index in [0.29, 0.717) is 63.5 Å². The van der Waals surface area contributed by atoms with Crippen molar-refractivity contribution in [3.63, 3.8) is 0 Å². The van der Waals surface area contributed by atoms with Gasteiger partial charge in [-0.3, -0.25) is 19.4 Å². The van der Waals surface area contributed by atoms with Crippen molar-refractivity contribution in [3.05, 3.63) is 94.4 Å². The van der Waals surface area contributed by atoms with E-state index in [1.165, 1.54) is 0 Å². The molecule has 1 aromatic carbocycles. The summed E-state index contributed by atoms with van der Waals surface area (Å²) in [5, 5.41) is 6.02. The molecule has 4 atom stereocenters. The molecule has 1 spiro atoms. The summed E-state index contributed by atoms with van der Waals surface area (Å²) in [6.07, 6.45) is 8.60. The van der Waals surface area contributed by atoms with Crippen LogP contribution in [0.2, 0.25) is 0 Å². The summed E-state index contributed by atoms with van der Waals surface area (Å²) in [7, 11) is 2.03. The summed E-state index contributed by atoms with van der Waals surface area (Å²) in [4.78, 5) is 54.3. The van der Waals surface area contributed by atoms with E-state index in [4.69, 9.17) is 4.74 Å². The molecule has 10 heteroatoms. The second-order valence-corrected chi connectivity index (χ2v) is 12.7. The van der Waals surface area contributed by atoms with Crippen LogP contribution < -0.4 is 10.6 Å². The van der Waals surface area contributed by atoms with E-state index in [9.17, 15) is 14.4 Å². The summed E-state index contributed by atoms with van der Waals surface area (Å²) < 4.78 is 5.88. The number of hydrogen-bond acceptors (Lipinski definition) is 7. The van der Waals surface area contributed by atoms with Gasteiger partial charge in [-0.15, -0.1) is 0 Å². The van der Waals surface area contributed by atoms with Crippen LogP contribution >= 0.6 is 0 Å². The van der Waals surface area contributed by atoms with Crippen molar-refractivity contribution in [2.75, 3.05) is 45.2 Å². The first kappa shape index (κ1) is 29.3. The van der Waals surface area contributed by atoms with E-state index in [1.54, 1.807) is 12.4 Å². The predicted octanol–water partition coefficient (Wildman–Crippen LogP) is 2.94. The first-order chi connectivity index (χ1) is 21.8. The third kappa shape index (κ3) is 5.42. The van der Waals surface area contributed by atoms with Crippen LogP contribution in [-0.2, 0) is 32.6 Å². The van der Waals surface area contributed by atoms with E-state index in [2.05, 4.69) is 44.6 Å². The van der Waals surface area contributed by atoms with Gasteiger partial charge >= 0.3 is 0 Å². The summed E-state index contributed by atoms with van der Waals surface area (Å²) in [5.74, 6) is 0.117. The lowest BCUT2D eigenvalue weighted by molar-refractivity contribution is -0.139. The summed E-state index contributed by atoms with van der Waals surface area (Å²) in [6, 6.07) is 13.4. The number of carbonyl (C=O) groups is 3. The van der Waals surface area contributed by atoms with Gasteiger partial charge in [0.15, 0.2) is 0 Å². The maximum absolute atomic E-state index is 13.9. The number of hydrogen-bond donors (Lipinski definition) is 2. The SMILES string of the molecule is CC1C(c2ccccc2)CC2NC(=O)c3cnc4c(c3)C[C@@]3(C4)C(=O)Nc4ncc(cc43)C=CCOCCN(C)CCN1C2=O. The quantitative estimate of drug-likeness (QED) is 0.438. The molecule has 5 heterocycles. The Morgan fingerprint density at radius 1 is 1.00 bits per heavy atom. The van der Waals surface area contributed by atoms with Crippen molar-refractivity contribution in [1.82, 2.24) is 25.1 Å². The second-order valence-electron chi connectivity index (χ2n) is 12.7. The van der Waals surface area contributed by atoms with Crippen LogP contribution in [0.15, 0.2) is 60.9 Å². The molecule has 232 valence electrons. The molecule has 1 saturated heterocycles. The van der Waals surface area contributed by atoms with Crippen molar-refractivity contribution < 1.29 is 19.1 Å². The summed E-state index contributed by atoms with van der Waals surface area (Å²) >= 11 is 0. The number of nitrogens with zero attached hydrogens (tertiary/aromatic N) is 4. The lowest BCUT2D eigenvalue weighted by atomic mass is 9.79. The van der Waals surface area contributed by atoms with Crippen LogP contribution in [0.5, 0.6) is 0 Å². The Kier molecular flexibility index (Phi) is 7.71. The number of piperidine rings is 1. The van der Waals surface area contributed by atoms with Crippen LogP contribution in [0.3, 0.4) is 0 Å². The molecule has 1 fully saturated rings. The van der Waals surface area contributed by atoms with Crippen molar-refractivity contribution in [2.24, 2.45) is 0 Å². The van der Waals surface area contributed by atoms with E-state index in [0.717, 1.165) is 27.9 Å². The topological polar surface area (TPSA) is 117 Å². The van der Waals surface area contributed by atoms with E-state index in [1.807, 2.05) is 54.4 Å². The molecule has 2 aromatic heterocycles. The number of fused-ring (bicyclic) bond motifs is 4. The van der Waals surface area contributed by atoms with E-state index >= 15 is 0 Å². The third-order valence-corrected chi connectivity index (χ3v) is 9.92. The zero-order valence-corrected chi connectivity index (χ0v) is 25.7. The molecule has 3 unspecified atom stereocenters. The summed E-state index contributed by atoms with van der Waals surface area (Å²) in [5.41, 5.74) is 4.10. The maximum atomic E-state index is 13.9. The molecular weight excluding hydrogens is 568 g/mol. The van der Waals surface area contributed by atoms with E-state index < -0.39 is 11.5 Å². The van der Waals surface area contributed by atoms with Crippen LogP contribution in [-0.4, -0.2) is 89.5 Å². The second kappa shape index (κ2) is 11.8. The normalized spacial score (nSPS) is 27.1. The third-order valence-electron chi connectivity index (χ3n) is 9.92. The number of aromatic nitrogens is 2. The lowest BCUT2D eigenvalue weighted by Crippen LogP contribution is -2.59. The number of anilines is 1. The van der Waals surface area contributed by atoms with Gasteiger partial charge in [-0.1, -0.05) is 42.5 Å². The molecule has 3 aromatic rings. The zero-order chi connectivity index (χ0) is 31.1. The number of amides is 3. The zero-order valence-electron chi connectivity index (χ0n) is 25.7. The first-order valence-electron chi connectivity index (χ1n) is 15.7. The molecule has 2 N–H and O–H groups in total. The Hall–Kier alpha value is -4.41. The standard InChI is InChI=1S/C35H38N6O4/c1-22-27(24-8-4-3-5-9-24)17-29-33(43)41(22)11-10-40(2)12-14-45-13-6-7-23-15-28-31(37-20-23)39-34(44)35(28)18-25-16-26(32(42)38-29)21-36-30(25)19-35/h3-9,15-16,20-22,27,29H,10-14,17-19H2,1-2H3,(H,38,42)(H,37,39,44)/t22?,27?,29?,35-/m0/s1. The Morgan fingerprint density at radius 3 is 2.69 bits per heavy atom. The van der Waals surface area contributed by atoms with Crippen LogP contribution in [0, 0.1) is 0 Å². The largest absolute Gasteiger partial charge is 0.376 e. The molecule has 1 aliphatic carbocycles. The average molecular weight is 607 g/mol. The Labute approximate surface area is 262 Å². The molecule has 7 bridgehead atoms. The van der Waals surface area contributed by atoms with Crippen molar-refractivity contribution in [1.29, 1.82) is 0 Å². The fourth-order valence-electron chi connectivity index (χ4n) is 7.29. The Bertz CT molecular complexity index is 1680. The fraction of sp³-hybridized carbons (Fsp3) is 0.400. The van der Waals surface area contributed by atoms with Gasteiger partial charge in [0.05, 0.1) is 24.2 Å². The average Bonchev–Trinajstić information content (AvgIpc) is 3.56. The lowest BCUT2D eigenvalue weighted by Gasteiger charge is -2.43. The molecule has 0 saturated carbocycles. The number of likely N-dealkylation sites (N-methyl/N-ethyl adjacent to an activating group) is 1. The highest BCUT2D eigenvalue weighted by Crippen LogP contribution is 2.46. The van der Waals surface area contributed by atoms with Crippen LogP contribution in [0.25, 0.3) is 6.08 Å². The molecule has 0 radical (unpaired) electrons. The molecule has 7 rings (SSSR count). The highest BCUT2D eigenvalue weighted by Gasteiger charge is 2.52. The first-order valence-corrected chi connectivity index (χ1v) is 15.7. The summed E-state index contributed by atoms with van der Waals surface area (Å²) in [6.45, 7) is 5.04. The molecule has 3 aliphatic heterocycles. The van der Waals surface area contributed by atoms with Gasteiger partial charge < -0.3 is 25.2 Å². The van der Waals surface area contributed by atoms with Crippen molar-refractivity contribution in [3.8, 4) is 0 Å². The molecular formula is C35H38N6O4. The smallest absolute Gasteiger partial charge is 0.253 e. The van der Waals surface area contributed by atoms with Crippen molar-refractivity contribution >= 4 is 29.6 Å². The number of rotatable bonds is 1. The van der Waals surface area contributed by atoms with Gasteiger partial charge in [0.2, 0.25) is 11.8 Å². The minimum atomic E-state index is -0.826.